The second-order valence-electron chi connectivity index (χ2n) is 6.94. The van der Waals surface area contributed by atoms with Crippen molar-refractivity contribution in [2.24, 2.45) is 0 Å². The smallest absolute Gasteiger partial charge is 0.224 e. The second kappa shape index (κ2) is 8.54. The number of aryl methyl sites for hydroxylation is 1. The Bertz CT molecular complexity index is 923. The summed E-state index contributed by atoms with van der Waals surface area (Å²) in [4.78, 5) is 25.3. The monoisotopic (exact) mass is 360 g/mol. The van der Waals surface area contributed by atoms with Gasteiger partial charge in [-0.25, -0.2) is 9.97 Å². The number of pyridine rings is 1. The summed E-state index contributed by atoms with van der Waals surface area (Å²) in [5, 5.41) is 2.93. The summed E-state index contributed by atoms with van der Waals surface area (Å²) in [6.45, 7) is 5.99. The molecule has 0 aliphatic carbocycles. The first-order valence-corrected chi connectivity index (χ1v) is 9.11. The highest BCUT2D eigenvalue weighted by atomic mass is 16.1. The summed E-state index contributed by atoms with van der Waals surface area (Å²) < 4.78 is 0. The average molecular weight is 360 g/mol. The van der Waals surface area contributed by atoms with E-state index in [2.05, 4.69) is 39.3 Å². The SMILES string of the molecule is Cc1ccc(CC(=O)NC(C)C)cc1Cc1nccc(-c2cccnc2)n1. The Hall–Kier alpha value is -3.08. The first kappa shape index (κ1) is 18.7. The number of carbonyl (C=O) groups excluding carboxylic acids is 1. The lowest BCUT2D eigenvalue weighted by Gasteiger charge is -2.11. The topological polar surface area (TPSA) is 67.8 Å². The van der Waals surface area contributed by atoms with Crippen molar-refractivity contribution in [2.75, 3.05) is 0 Å². The normalized spacial score (nSPS) is 10.8. The number of carbonyl (C=O) groups is 1. The third-order valence-corrected chi connectivity index (χ3v) is 4.24. The van der Waals surface area contributed by atoms with Crippen LogP contribution in [-0.4, -0.2) is 26.9 Å². The second-order valence-corrected chi connectivity index (χ2v) is 6.94. The molecule has 3 aromatic rings. The average Bonchev–Trinajstić information content (AvgIpc) is 2.65. The van der Waals surface area contributed by atoms with E-state index in [1.807, 2.05) is 38.1 Å². The van der Waals surface area contributed by atoms with Gasteiger partial charge in [-0.1, -0.05) is 18.2 Å². The predicted octanol–water partition coefficient (Wildman–Crippen LogP) is 3.50. The Kier molecular flexibility index (Phi) is 5.91. The molecule has 1 aromatic carbocycles. The highest BCUT2D eigenvalue weighted by Crippen LogP contribution is 2.18. The number of nitrogens with zero attached hydrogens (tertiary/aromatic N) is 3. The molecular formula is C22H24N4O. The summed E-state index contributed by atoms with van der Waals surface area (Å²) >= 11 is 0. The molecule has 0 atom stereocenters. The molecular weight excluding hydrogens is 336 g/mol. The van der Waals surface area contributed by atoms with E-state index >= 15 is 0 Å². The maximum Gasteiger partial charge on any atom is 0.224 e. The number of benzene rings is 1. The molecule has 0 fully saturated rings. The van der Waals surface area contributed by atoms with E-state index in [9.17, 15) is 4.79 Å². The fourth-order valence-electron chi connectivity index (χ4n) is 2.91. The van der Waals surface area contributed by atoms with E-state index in [1.54, 1.807) is 18.6 Å². The molecule has 1 amide bonds. The van der Waals surface area contributed by atoms with Crippen molar-refractivity contribution < 1.29 is 4.79 Å². The van der Waals surface area contributed by atoms with Crippen molar-refractivity contribution in [3.8, 4) is 11.3 Å². The van der Waals surface area contributed by atoms with E-state index in [0.717, 1.165) is 28.2 Å². The zero-order valence-corrected chi connectivity index (χ0v) is 15.9. The third-order valence-electron chi connectivity index (χ3n) is 4.24. The van der Waals surface area contributed by atoms with Crippen LogP contribution in [0.1, 0.15) is 36.4 Å². The summed E-state index contributed by atoms with van der Waals surface area (Å²) in [6, 6.07) is 12.1. The largest absolute Gasteiger partial charge is 0.354 e. The number of hydrogen-bond donors (Lipinski definition) is 1. The van der Waals surface area contributed by atoms with E-state index < -0.39 is 0 Å². The molecule has 0 saturated heterocycles. The van der Waals surface area contributed by atoms with Gasteiger partial charge in [-0.05, 0) is 55.7 Å². The summed E-state index contributed by atoms with van der Waals surface area (Å²) in [5.41, 5.74) is 5.12. The van der Waals surface area contributed by atoms with Gasteiger partial charge in [0.2, 0.25) is 5.91 Å². The van der Waals surface area contributed by atoms with Gasteiger partial charge < -0.3 is 5.32 Å². The van der Waals surface area contributed by atoms with Crippen LogP contribution in [0.15, 0.2) is 55.0 Å². The van der Waals surface area contributed by atoms with Gasteiger partial charge >= 0.3 is 0 Å². The van der Waals surface area contributed by atoms with Gasteiger partial charge in [0.25, 0.3) is 0 Å². The first-order chi connectivity index (χ1) is 13.0. The van der Waals surface area contributed by atoms with Crippen molar-refractivity contribution in [1.29, 1.82) is 0 Å². The minimum Gasteiger partial charge on any atom is -0.354 e. The van der Waals surface area contributed by atoms with Gasteiger partial charge in [-0.15, -0.1) is 0 Å². The van der Waals surface area contributed by atoms with Crippen LogP contribution in [0, 0.1) is 6.92 Å². The fourth-order valence-corrected chi connectivity index (χ4v) is 2.91. The molecule has 5 nitrogen and oxygen atoms in total. The zero-order chi connectivity index (χ0) is 19.2. The first-order valence-electron chi connectivity index (χ1n) is 9.11. The van der Waals surface area contributed by atoms with Gasteiger partial charge in [0.05, 0.1) is 12.1 Å². The maximum absolute atomic E-state index is 12.0. The Labute approximate surface area is 159 Å². The molecule has 138 valence electrons. The molecule has 27 heavy (non-hydrogen) atoms. The number of rotatable bonds is 6. The molecule has 0 spiro atoms. The minimum absolute atomic E-state index is 0.0367. The van der Waals surface area contributed by atoms with Crippen molar-refractivity contribution in [1.82, 2.24) is 20.3 Å². The van der Waals surface area contributed by atoms with Gasteiger partial charge in [0, 0.05) is 36.6 Å². The number of hydrogen-bond acceptors (Lipinski definition) is 4. The Morgan fingerprint density at radius 1 is 1.15 bits per heavy atom. The van der Waals surface area contributed by atoms with Gasteiger partial charge in [-0.2, -0.15) is 0 Å². The number of nitrogens with one attached hydrogen (secondary N) is 1. The molecule has 2 heterocycles. The van der Waals surface area contributed by atoms with Crippen molar-refractivity contribution >= 4 is 5.91 Å². The number of amides is 1. The van der Waals surface area contributed by atoms with Crippen molar-refractivity contribution in [3.05, 3.63) is 77.5 Å². The van der Waals surface area contributed by atoms with Crippen molar-refractivity contribution in [2.45, 2.75) is 39.7 Å². The van der Waals surface area contributed by atoms with E-state index in [0.29, 0.717) is 12.8 Å². The van der Waals surface area contributed by atoms with Crippen LogP contribution in [0.2, 0.25) is 0 Å². The maximum atomic E-state index is 12.0. The van der Waals surface area contributed by atoms with Gasteiger partial charge in [0.15, 0.2) is 0 Å². The number of aromatic nitrogens is 3. The highest BCUT2D eigenvalue weighted by molar-refractivity contribution is 5.78. The Morgan fingerprint density at radius 3 is 2.74 bits per heavy atom. The lowest BCUT2D eigenvalue weighted by molar-refractivity contribution is -0.120. The molecule has 1 N–H and O–H groups in total. The Balaban J connectivity index is 1.79. The predicted molar refractivity (Wildman–Crippen MR) is 106 cm³/mol. The molecule has 0 bridgehead atoms. The molecule has 0 aliphatic rings. The van der Waals surface area contributed by atoms with Crippen LogP contribution in [0.25, 0.3) is 11.3 Å². The summed E-state index contributed by atoms with van der Waals surface area (Å²) in [5.74, 6) is 0.790. The van der Waals surface area contributed by atoms with E-state index in [-0.39, 0.29) is 11.9 Å². The van der Waals surface area contributed by atoms with Crippen molar-refractivity contribution in [3.63, 3.8) is 0 Å². The summed E-state index contributed by atoms with van der Waals surface area (Å²) in [7, 11) is 0. The molecule has 0 unspecified atom stereocenters. The molecule has 5 heteroatoms. The lowest BCUT2D eigenvalue weighted by Crippen LogP contribution is -2.31. The van der Waals surface area contributed by atoms with E-state index in [4.69, 9.17) is 0 Å². The van der Waals surface area contributed by atoms with Crippen LogP contribution in [0.4, 0.5) is 0 Å². The molecule has 3 rings (SSSR count). The van der Waals surface area contributed by atoms with E-state index in [1.165, 1.54) is 5.56 Å². The van der Waals surface area contributed by atoms with Crippen LogP contribution in [0.5, 0.6) is 0 Å². The molecule has 0 aliphatic heterocycles. The fraction of sp³-hybridized carbons (Fsp3) is 0.273. The highest BCUT2D eigenvalue weighted by Gasteiger charge is 2.09. The van der Waals surface area contributed by atoms with Crippen LogP contribution >= 0.6 is 0 Å². The minimum atomic E-state index is 0.0367. The van der Waals surface area contributed by atoms with Gasteiger partial charge in [-0.3, -0.25) is 9.78 Å². The lowest BCUT2D eigenvalue weighted by atomic mass is 10.00. The zero-order valence-electron chi connectivity index (χ0n) is 15.9. The quantitative estimate of drug-likeness (QED) is 0.730. The molecule has 0 radical (unpaired) electrons. The standard InChI is InChI=1S/C22H24N4O/c1-15(2)25-22(27)12-17-7-6-16(3)19(11-17)13-21-24-10-8-20(26-21)18-5-4-9-23-14-18/h4-11,14-15H,12-13H2,1-3H3,(H,25,27). The van der Waals surface area contributed by atoms with Crippen LogP contribution in [0.3, 0.4) is 0 Å². The van der Waals surface area contributed by atoms with Crippen LogP contribution < -0.4 is 5.32 Å². The molecule has 0 saturated carbocycles. The molecule has 2 aromatic heterocycles. The van der Waals surface area contributed by atoms with Crippen LogP contribution in [-0.2, 0) is 17.6 Å². The van der Waals surface area contributed by atoms with Gasteiger partial charge in [0.1, 0.15) is 5.82 Å². The third kappa shape index (κ3) is 5.20. The summed E-state index contributed by atoms with van der Waals surface area (Å²) in [6.07, 6.45) is 6.32. The Morgan fingerprint density at radius 2 is 2.00 bits per heavy atom.